The van der Waals surface area contributed by atoms with E-state index in [1.807, 2.05) is 12.1 Å². The Hall–Kier alpha value is -3.52. The number of fused-ring (bicyclic) bond motifs is 1. The maximum atomic E-state index is 12.4. The zero-order chi connectivity index (χ0) is 22.1. The van der Waals surface area contributed by atoms with Crippen molar-refractivity contribution in [2.24, 2.45) is 5.92 Å². The van der Waals surface area contributed by atoms with Gasteiger partial charge in [0, 0.05) is 6.20 Å². The fourth-order valence-corrected chi connectivity index (χ4v) is 4.34. The number of nitrogens with zero attached hydrogens (tertiary/aromatic N) is 2. The Balaban J connectivity index is 1.51. The summed E-state index contributed by atoms with van der Waals surface area (Å²) in [4.78, 5) is 42.1. The smallest absolute Gasteiger partial charge is 0.352 e. The molecule has 1 aromatic heterocycles. The molecule has 2 aliphatic heterocycles. The summed E-state index contributed by atoms with van der Waals surface area (Å²) in [6.45, 7) is 1.87. The van der Waals surface area contributed by atoms with E-state index in [1.165, 1.54) is 4.90 Å². The van der Waals surface area contributed by atoms with E-state index in [0.29, 0.717) is 24.1 Å². The van der Waals surface area contributed by atoms with Crippen LogP contribution in [-0.2, 0) is 27.3 Å². The molecule has 8 heteroatoms. The molecule has 1 aromatic carbocycles. The van der Waals surface area contributed by atoms with Gasteiger partial charge in [-0.3, -0.25) is 14.6 Å². The van der Waals surface area contributed by atoms with E-state index in [1.54, 1.807) is 43.5 Å². The van der Waals surface area contributed by atoms with Gasteiger partial charge in [-0.25, -0.2) is 4.79 Å². The minimum Gasteiger partial charge on any atom is -0.477 e. The summed E-state index contributed by atoms with van der Waals surface area (Å²) in [6, 6.07) is 12.3. The van der Waals surface area contributed by atoms with Crippen LogP contribution in [0.1, 0.15) is 30.2 Å². The van der Waals surface area contributed by atoms with Crippen molar-refractivity contribution in [2.45, 2.75) is 38.5 Å². The van der Waals surface area contributed by atoms with Crippen molar-refractivity contribution in [1.29, 1.82) is 0 Å². The number of hydrogen-bond acceptors (Lipinski definition) is 5. The Labute approximate surface area is 179 Å². The highest BCUT2D eigenvalue weighted by Crippen LogP contribution is 2.46. The zero-order valence-corrected chi connectivity index (χ0v) is 17.0. The van der Waals surface area contributed by atoms with Gasteiger partial charge in [-0.05, 0) is 42.2 Å². The number of β-lactam (4-membered cyclic amide) rings is 1. The third kappa shape index (κ3) is 3.94. The first-order valence-corrected chi connectivity index (χ1v) is 10.1. The summed E-state index contributed by atoms with van der Waals surface area (Å²) >= 11 is 0. The number of carboxylic acids is 1. The zero-order valence-electron chi connectivity index (χ0n) is 17.0. The first kappa shape index (κ1) is 20.7. The molecule has 2 aliphatic rings. The Morgan fingerprint density at radius 3 is 2.74 bits per heavy atom. The Kier molecular flexibility index (Phi) is 5.56. The van der Waals surface area contributed by atoms with Crippen LogP contribution in [-0.4, -0.2) is 50.0 Å². The van der Waals surface area contributed by atoms with E-state index in [0.717, 1.165) is 11.3 Å². The number of hydrogen-bond donors (Lipinski definition) is 3. The van der Waals surface area contributed by atoms with Crippen molar-refractivity contribution in [3.8, 4) is 0 Å². The number of aliphatic hydroxyl groups is 1. The molecule has 4 rings (SSSR count). The lowest BCUT2D eigenvalue weighted by Gasteiger charge is -2.44. The molecule has 1 fully saturated rings. The summed E-state index contributed by atoms with van der Waals surface area (Å²) in [7, 11) is 0. The number of benzene rings is 1. The normalized spacial score (nSPS) is 20.8. The number of rotatable bonds is 7. The lowest BCUT2D eigenvalue weighted by Crippen LogP contribution is -2.61. The van der Waals surface area contributed by atoms with Gasteiger partial charge in [-0.1, -0.05) is 30.3 Å². The molecule has 31 heavy (non-hydrogen) atoms. The number of pyridine rings is 1. The third-order valence-electron chi connectivity index (χ3n) is 5.76. The van der Waals surface area contributed by atoms with Crippen LogP contribution < -0.4 is 5.32 Å². The Morgan fingerprint density at radius 1 is 1.26 bits per heavy atom. The molecule has 1 saturated heterocycles. The van der Waals surface area contributed by atoms with Gasteiger partial charge in [0.15, 0.2) is 0 Å². The van der Waals surface area contributed by atoms with Crippen LogP contribution in [0, 0.1) is 5.92 Å². The van der Waals surface area contributed by atoms with Crippen LogP contribution in [0.5, 0.6) is 0 Å². The monoisotopic (exact) mass is 421 g/mol. The minimum absolute atomic E-state index is 0.0383. The third-order valence-corrected chi connectivity index (χ3v) is 5.76. The lowest BCUT2D eigenvalue weighted by molar-refractivity contribution is -0.161. The van der Waals surface area contributed by atoms with Crippen molar-refractivity contribution >= 4 is 23.4 Å². The number of carbonyl (C=O) groups is 3. The highest BCUT2D eigenvalue weighted by atomic mass is 16.4. The maximum Gasteiger partial charge on any atom is 0.352 e. The second kappa shape index (κ2) is 8.31. The van der Waals surface area contributed by atoms with Crippen molar-refractivity contribution in [2.75, 3.05) is 0 Å². The summed E-state index contributed by atoms with van der Waals surface area (Å²) < 4.78 is 0. The molecule has 0 saturated carbocycles. The van der Waals surface area contributed by atoms with E-state index < -0.39 is 18.0 Å². The number of amides is 2. The van der Waals surface area contributed by atoms with Gasteiger partial charge >= 0.3 is 5.97 Å². The van der Waals surface area contributed by atoms with Gasteiger partial charge in [0.2, 0.25) is 11.8 Å². The van der Waals surface area contributed by atoms with Crippen LogP contribution in [0.25, 0.3) is 5.57 Å². The van der Waals surface area contributed by atoms with Gasteiger partial charge in [0.05, 0.1) is 36.7 Å². The van der Waals surface area contributed by atoms with E-state index in [2.05, 4.69) is 10.3 Å². The maximum absolute atomic E-state index is 12.4. The van der Waals surface area contributed by atoms with Crippen molar-refractivity contribution < 1.29 is 24.6 Å². The molecule has 3 heterocycles. The Morgan fingerprint density at radius 2 is 2.06 bits per heavy atom. The van der Waals surface area contributed by atoms with Gasteiger partial charge in [0.1, 0.15) is 5.70 Å². The van der Waals surface area contributed by atoms with Crippen LogP contribution >= 0.6 is 0 Å². The van der Waals surface area contributed by atoms with E-state index in [-0.39, 0.29) is 30.0 Å². The molecular formula is C23H23N3O5. The lowest BCUT2D eigenvalue weighted by atomic mass is 9.82. The molecule has 0 spiro atoms. The molecule has 160 valence electrons. The topological polar surface area (TPSA) is 120 Å². The minimum atomic E-state index is -1.17. The first-order valence-electron chi connectivity index (χ1n) is 10.1. The summed E-state index contributed by atoms with van der Waals surface area (Å²) in [5.74, 6) is -2.30. The number of aromatic nitrogens is 1. The van der Waals surface area contributed by atoms with Gasteiger partial charge in [-0.15, -0.1) is 0 Å². The quantitative estimate of drug-likeness (QED) is 0.581. The predicted molar refractivity (Wildman–Crippen MR) is 111 cm³/mol. The predicted octanol–water partition coefficient (Wildman–Crippen LogP) is 1.35. The Bertz CT molecular complexity index is 1060. The molecule has 0 radical (unpaired) electrons. The number of nitrogens with one attached hydrogen (secondary N) is 1. The van der Waals surface area contributed by atoms with Crippen LogP contribution in [0.15, 0.2) is 54.4 Å². The van der Waals surface area contributed by atoms with Gasteiger partial charge < -0.3 is 20.4 Å². The van der Waals surface area contributed by atoms with Gasteiger partial charge in [0.25, 0.3) is 0 Å². The van der Waals surface area contributed by atoms with Gasteiger partial charge in [-0.2, -0.15) is 0 Å². The summed E-state index contributed by atoms with van der Waals surface area (Å²) in [5, 5.41) is 22.4. The number of aliphatic hydroxyl groups excluding tert-OH is 1. The van der Waals surface area contributed by atoms with E-state index in [4.69, 9.17) is 0 Å². The molecule has 3 N–H and O–H groups in total. The fraction of sp³-hybridized carbons (Fsp3) is 0.304. The second-order valence-electron chi connectivity index (χ2n) is 7.85. The summed E-state index contributed by atoms with van der Waals surface area (Å²) in [6.07, 6.45) is 1.32. The van der Waals surface area contributed by atoms with E-state index in [9.17, 15) is 24.6 Å². The largest absolute Gasteiger partial charge is 0.477 e. The number of carboxylic acid groups (broad SMARTS) is 1. The molecule has 2 amide bonds. The van der Waals surface area contributed by atoms with Crippen molar-refractivity contribution in [3.63, 3.8) is 0 Å². The number of aliphatic carboxylic acids is 1. The van der Waals surface area contributed by atoms with Crippen LogP contribution in [0.2, 0.25) is 0 Å². The van der Waals surface area contributed by atoms with Crippen LogP contribution in [0.4, 0.5) is 0 Å². The second-order valence-corrected chi connectivity index (χ2v) is 7.85. The average Bonchev–Trinajstić information content (AvgIpc) is 3.08. The summed E-state index contributed by atoms with van der Waals surface area (Å²) in [5.41, 5.74) is 2.67. The fourth-order valence-electron chi connectivity index (χ4n) is 4.34. The molecule has 0 aliphatic carbocycles. The molecule has 0 bridgehead atoms. The van der Waals surface area contributed by atoms with Crippen LogP contribution in [0.3, 0.4) is 0 Å². The number of carbonyl (C=O) groups excluding carboxylic acids is 2. The molecule has 0 unspecified atom stereocenters. The molecular weight excluding hydrogens is 398 g/mol. The first-order chi connectivity index (χ1) is 14.9. The SMILES string of the molecule is C[C@@H](O)[C@H]1C(=O)N2C(C(=O)O)=C(c3cccc(CC(=O)NCc4ccccn4)c3)C[C@H]12. The van der Waals surface area contributed by atoms with Crippen molar-refractivity contribution in [1.82, 2.24) is 15.2 Å². The molecule has 3 atom stereocenters. The van der Waals surface area contributed by atoms with E-state index >= 15 is 0 Å². The highest BCUT2D eigenvalue weighted by Gasteiger charge is 2.56. The highest BCUT2D eigenvalue weighted by molar-refractivity contribution is 6.06. The average molecular weight is 421 g/mol. The standard InChI is InChI=1S/C23H23N3O5/c1-13(27)20-18-11-17(21(23(30)31)26(18)22(20)29)15-6-4-5-14(9-15)10-19(28)25-12-16-7-2-3-8-24-16/h2-9,13,18,20,27H,10-12H2,1H3,(H,25,28)(H,30,31)/t13-,18-,20-/m1/s1. The molecule has 2 aromatic rings. The molecule has 8 nitrogen and oxygen atoms in total. The van der Waals surface area contributed by atoms with Crippen molar-refractivity contribution in [3.05, 3.63) is 71.2 Å².